The summed E-state index contributed by atoms with van der Waals surface area (Å²) in [5, 5.41) is 0.634. The minimum atomic E-state index is 0.0632. The number of amides is 1. The van der Waals surface area contributed by atoms with Gasteiger partial charge < -0.3 is 14.2 Å². The Morgan fingerprint density at radius 1 is 1.06 bits per heavy atom. The summed E-state index contributed by atoms with van der Waals surface area (Å²) >= 11 is 6.39. The molecule has 6 heteroatoms. The van der Waals surface area contributed by atoms with Crippen LogP contribution >= 0.6 is 11.6 Å². The number of hydrogen-bond donors (Lipinski definition) is 0. The summed E-state index contributed by atoms with van der Waals surface area (Å²) in [4.78, 5) is 18.6. The van der Waals surface area contributed by atoms with Gasteiger partial charge in [-0.15, -0.1) is 0 Å². The molecule has 2 aliphatic heterocycles. The molecule has 172 valence electrons. The zero-order valence-corrected chi connectivity index (χ0v) is 20.0. The van der Waals surface area contributed by atoms with Gasteiger partial charge in [0.05, 0.1) is 13.2 Å². The van der Waals surface area contributed by atoms with E-state index in [1.807, 2.05) is 25.2 Å². The second-order valence-corrected chi connectivity index (χ2v) is 9.52. The zero-order valence-electron chi connectivity index (χ0n) is 19.3. The molecule has 33 heavy (non-hydrogen) atoms. The topological polar surface area (TPSA) is 37.7 Å². The second kappa shape index (κ2) is 9.34. The molecular formula is C27H30ClN3O2. The highest BCUT2D eigenvalue weighted by Crippen LogP contribution is 2.32. The first-order valence-corrected chi connectivity index (χ1v) is 12.0. The van der Waals surface area contributed by atoms with Crippen molar-refractivity contribution >= 4 is 17.5 Å². The Kier molecular flexibility index (Phi) is 6.28. The Hall–Kier alpha value is -2.60. The number of benzene rings is 2. The van der Waals surface area contributed by atoms with Crippen LogP contribution in [0.25, 0.3) is 11.3 Å². The Morgan fingerprint density at radius 2 is 1.82 bits per heavy atom. The average molecular weight is 464 g/mol. The van der Waals surface area contributed by atoms with Gasteiger partial charge in [0.1, 0.15) is 0 Å². The van der Waals surface area contributed by atoms with Gasteiger partial charge in [-0.3, -0.25) is 9.69 Å². The number of carbonyl (C=O) groups excluding carboxylic acids is 1. The summed E-state index contributed by atoms with van der Waals surface area (Å²) < 4.78 is 7.65. The second-order valence-electron chi connectivity index (χ2n) is 9.08. The summed E-state index contributed by atoms with van der Waals surface area (Å²) in [5.74, 6) is 0.0632. The SMILES string of the molecule is Cc1ccc(-c2cc(Cl)ccc2C(=O)N2Cc3ccccc3C[C@H]2CN2CCOCC2)n1C. The molecule has 1 saturated heterocycles. The predicted molar refractivity (Wildman–Crippen MR) is 132 cm³/mol. The van der Waals surface area contributed by atoms with Crippen molar-refractivity contribution in [3.05, 3.63) is 82.0 Å². The van der Waals surface area contributed by atoms with E-state index in [-0.39, 0.29) is 11.9 Å². The molecule has 0 radical (unpaired) electrons. The van der Waals surface area contributed by atoms with Crippen molar-refractivity contribution < 1.29 is 9.53 Å². The fraction of sp³-hybridized carbons (Fsp3) is 0.370. The zero-order chi connectivity index (χ0) is 22.9. The van der Waals surface area contributed by atoms with Gasteiger partial charge >= 0.3 is 0 Å². The Morgan fingerprint density at radius 3 is 2.55 bits per heavy atom. The van der Waals surface area contributed by atoms with E-state index < -0.39 is 0 Å². The number of fused-ring (bicyclic) bond motifs is 1. The van der Waals surface area contributed by atoms with Crippen molar-refractivity contribution in [2.24, 2.45) is 7.05 Å². The first-order chi connectivity index (χ1) is 16.0. The van der Waals surface area contributed by atoms with Crippen LogP contribution < -0.4 is 0 Å². The maximum atomic E-state index is 14.1. The fourth-order valence-corrected chi connectivity index (χ4v) is 5.20. The molecule has 0 saturated carbocycles. The van der Waals surface area contributed by atoms with Crippen molar-refractivity contribution in [2.75, 3.05) is 32.8 Å². The smallest absolute Gasteiger partial charge is 0.255 e. The maximum absolute atomic E-state index is 14.1. The van der Waals surface area contributed by atoms with Gasteiger partial charge in [0.2, 0.25) is 0 Å². The molecule has 1 aromatic heterocycles. The molecule has 0 unspecified atom stereocenters. The molecule has 2 aromatic carbocycles. The van der Waals surface area contributed by atoms with Gasteiger partial charge in [-0.1, -0.05) is 35.9 Å². The highest BCUT2D eigenvalue weighted by atomic mass is 35.5. The van der Waals surface area contributed by atoms with Crippen molar-refractivity contribution in [1.29, 1.82) is 0 Å². The third-order valence-electron chi connectivity index (χ3n) is 7.05. The number of rotatable bonds is 4. The number of aromatic nitrogens is 1. The minimum absolute atomic E-state index is 0.0632. The Bertz CT molecular complexity index is 1170. The van der Waals surface area contributed by atoms with Crippen molar-refractivity contribution in [3.8, 4) is 11.3 Å². The number of morpholine rings is 1. The predicted octanol–water partition coefficient (Wildman–Crippen LogP) is 4.55. The molecule has 1 amide bonds. The third-order valence-corrected chi connectivity index (χ3v) is 7.28. The lowest BCUT2D eigenvalue weighted by atomic mass is 9.92. The largest absolute Gasteiger partial charge is 0.379 e. The van der Waals surface area contributed by atoms with E-state index in [4.69, 9.17) is 16.3 Å². The Labute approximate surface area is 200 Å². The lowest BCUT2D eigenvalue weighted by molar-refractivity contribution is 0.0193. The van der Waals surface area contributed by atoms with Gasteiger partial charge in [-0.05, 0) is 54.8 Å². The van der Waals surface area contributed by atoms with E-state index in [9.17, 15) is 4.79 Å². The average Bonchev–Trinajstić information content (AvgIpc) is 3.17. The van der Waals surface area contributed by atoms with Crippen LogP contribution in [0.3, 0.4) is 0 Å². The summed E-state index contributed by atoms with van der Waals surface area (Å²) in [6.45, 7) is 6.88. The lowest BCUT2D eigenvalue weighted by Crippen LogP contribution is -2.52. The van der Waals surface area contributed by atoms with E-state index in [1.54, 1.807) is 0 Å². The number of hydrogen-bond acceptors (Lipinski definition) is 3. The van der Waals surface area contributed by atoms with E-state index in [0.29, 0.717) is 17.1 Å². The van der Waals surface area contributed by atoms with Crippen molar-refractivity contribution in [3.63, 3.8) is 0 Å². The van der Waals surface area contributed by atoms with Crippen LogP contribution in [-0.2, 0) is 24.8 Å². The molecule has 1 fully saturated rings. The summed E-state index contributed by atoms with van der Waals surface area (Å²) in [7, 11) is 2.03. The van der Waals surface area contributed by atoms with E-state index in [2.05, 4.69) is 57.7 Å². The van der Waals surface area contributed by atoms with E-state index in [0.717, 1.165) is 56.2 Å². The van der Waals surface area contributed by atoms with E-state index >= 15 is 0 Å². The lowest BCUT2D eigenvalue weighted by Gasteiger charge is -2.40. The van der Waals surface area contributed by atoms with Crippen LogP contribution in [0, 0.1) is 6.92 Å². The van der Waals surface area contributed by atoms with Gasteiger partial charge in [0.25, 0.3) is 5.91 Å². The Balaban J connectivity index is 1.52. The molecule has 3 heterocycles. The van der Waals surface area contributed by atoms with Crippen LogP contribution in [0.4, 0.5) is 0 Å². The van der Waals surface area contributed by atoms with Crippen LogP contribution in [0.5, 0.6) is 0 Å². The third kappa shape index (κ3) is 4.45. The highest BCUT2D eigenvalue weighted by Gasteiger charge is 2.33. The number of ether oxygens (including phenoxy) is 1. The van der Waals surface area contributed by atoms with E-state index in [1.165, 1.54) is 11.1 Å². The van der Waals surface area contributed by atoms with Crippen LogP contribution in [0.1, 0.15) is 27.2 Å². The molecule has 0 N–H and O–H groups in total. The molecule has 1 atom stereocenters. The van der Waals surface area contributed by atoms with Crippen LogP contribution in [-0.4, -0.2) is 59.2 Å². The first-order valence-electron chi connectivity index (χ1n) is 11.6. The molecule has 0 aliphatic carbocycles. The van der Waals surface area contributed by atoms with Crippen molar-refractivity contribution in [1.82, 2.24) is 14.4 Å². The first kappa shape index (κ1) is 22.2. The summed E-state index contributed by atoms with van der Waals surface area (Å²) in [5.41, 5.74) is 6.29. The number of carbonyl (C=O) groups is 1. The van der Waals surface area contributed by atoms with Gasteiger partial charge in [0.15, 0.2) is 0 Å². The molecule has 5 nitrogen and oxygen atoms in total. The number of nitrogens with zero attached hydrogens (tertiary/aromatic N) is 3. The summed E-state index contributed by atoms with van der Waals surface area (Å²) in [6.07, 6.45) is 0.867. The fourth-order valence-electron chi connectivity index (χ4n) is 5.02. The summed E-state index contributed by atoms with van der Waals surface area (Å²) in [6, 6.07) is 18.4. The monoisotopic (exact) mass is 463 g/mol. The molecule has 0 bridgehead atoms. The highest BCUT2D eigenvalue weighted by molar-refractivity contribution is 6.31. The van der Waals surface area contributed by atoms with Crippen LogP contribution in [0.15, 0.2) is 54.6 Å². The minimum Gasteiger partial charge on any atom is -0.379 e. The quantitative estimate of drug-likeness (QED) is 0.569. The van der Waals surface area contributed by atoms with Crippen LogP contribution in [0.2, 0.25) is 5.02 Å². The number of aryl methyl sites for hydroxylation is 1. The molecular weight excluding hydrogens is 434 g/mol. The van der Waals surface area contributed by atoms with Gasteiger partial charge in [-0.25, -0.2) is 0 Å². The molecule has 5 rings (SSSR count). The normalized spacial score (nSPS) is 18.9. The molecule has 3 aromatic rings. The maximum Gasteiger partial charge on any atom is 0.255 e. The van der Waals surface area contributed by atoms with Gasteiger partial charge in [-0.2, -0.15) is 0 Å². The standard InChI is InChI=1S/C27H30ClN3O2/c1-19-7-10-26(29(19)2)25-16-22(28)8-9-24(25)27(32)31-17-21-6-4-3-5-20(21)15-23(31)18-30-11-13-33-14-12-30/h3-10,16,23H,11-15,17-18H2,1-2H3/t23-/m0/s1. The number of halogens is 1. The molecule has 0 spiro atoms. The van der Waals surface area contributed by atoms with Crippen molar-refractivity contribution in [2.45, 2.75) is 25.9 Å². The van der Waals surface area contributed by atoms with Gasteiger partial charge in [0, 0.05) is 66.8 Å². The molecule has 2 aliphatic rings.